The molecular formula is C22H24F3N3O2. The van der Waals surface area contributed by atoms with Crippen LogP contribution in [0.3, 0.4) is 0 Å². The van der Waals surface area contributed by atoms with Crippen LogP contribution in [0.15, 0.2) is 35.1 Å². The molecule has 160 valence electrons. The maximum Gasteiger partial charge on any atom is 0.396 e. The van der Waals surface area contributed by atoms with Crippen LogP contribution in [0.25, 0.3) is 22.4 Å². The molecule has 1 N–H and O–H groups in total. The average molecular weight is 419 g/mol. The van der Waals surface area contributed by atoms with Gasteiger partial charge in [0.1, 0.15) is 0 Å². The summed E-state index contributed by atoms with van der Waals surface area (Å²) in [5.74, 6) is 0. The van der Waals surface area contributed by atoms with Gasteiger partial charge in [-0.2, -0.15) is 13.2 Å². The minimum atomic E-state index is -4.34. The summed E-state index contributed by atoms with van der Waals surface area (Å²) in [7, 11) is 1.52. The standard InChI is InChI=1S/C22H24F3N3O2/c1-13-5-6-14(20(2,3)30)11-15(13)16-7-8-17-18(26-16)27(4)19(29)28(17)12-21(9-10-21)22(23,24)25/h5-8,11,30H,9-10,12H2,1-4H3. The quantitative estimate of drug-likeness (QED) is 0.687. The van der Waals surface area contributed by atoms with E-state index in [9.17, 15) is 23.1 Å². The first-order valence-electron chi connectivity index (χ1n) is 9.81. The molecule has 5 nitrogen and oxygen atoms in total. The summed E-state index contributed by atoms with van der Waals surface area (Å²) >= 11 is 0. The molecule has 1 aliphatic carbocycles. The van der Waals surface area contributed by atoms with Crippen LogP contribution in [0.1, 0.15) is 37.8 Å². The molecule has 0 amide bonds. The first kappa shape index (κ1) is 20.7. The summed E-state index contributed by atoms with van der Waals surface area (Å²) in [6.07, 6.45) is -4.27. The monoisotopic (exact) mass is 419 g/mol. The van der Waals surface area contributed by atoms with Crippen LogP contribution in [-0.4, -0.2) is 25.4 Å². The lowest BCUT2D eigenvalue weighted by molar-refractivity contribution is -0.190. The Morgan fingerprint density at radius 3 is 2.40 bits per heavy atom. The summed E-state index contributed by atoms with van der Waals surface area (Å²) < 4.78 is 42.8. The van der Waals surface area contributed by atoms with Crippen molar-refractivity contribution in [2.24, 2.45) is 12.5 Å². The first-order chi connectivity index (χ1) is 13.8. The fourth-order valence-corrected chi connectivity index (χ4v) is 3.84. The molecule has 3 aromatic rings. The fraction of sp³-hybridized carbons (Fsp3) is 0.455. The normalized spacial score (nSPS) is 16.3. The molecular weight excluding hydrogens is 395 g/mol. The summed E-state index contributed by atoms with van der Waals surface area (Å²) in [6, 6.07) is 8.94. The van der Waals surface area contributed by atoms with Gasteiger partial charge in [-0.1, -0.05) is 12.1 Å². The SMILES string of the molecule is Cc1ccc(C(C)(C)O)cc1-c1ccc2c(n1)n(C)c(=O)n2CC1(C(F)(F)F)CC1. The van der Waals surface area contributed by atoms with E-state index in [2.05, 4.69) is 4.98 Å². The summed E-state index contributed by atoms with van der Waals surface area (Å²) in [5, 5.41) is 10.3. The van der Waals surface area contributed by atoms with Gasteiger partial charge >= 0.3 is 11.9 Å². The predicted octanol–water partition coefficient (Wildman–Crippen LogP) is 4.28. The molecule has 2 aromatic heterocycles. The van der Waals surface area contributed by atoms with Gasteiger partial charge < -0.3 is 5.11 Å². The summed E-state index contributed by atoms with van der Waals surface area (Å²) in [6.45, 7) is 4.91. The van der Waals surface area contributed by atoms with Crippen molar-refractivity contribution in [3.8, 4) is 11.3 Å². The van der Waals surface area contributed by atoms with E-state index in [0.29, 0.717) is 16.9 Å². The second-order valence-corrected chi connectivity index (χ2v) is 8.83. The highest BCUT2D eigenvalue weighted by Crippen LogP contribution is 2.58. The van der Waals surface area contributed by atoms with Gasteiger partial charge in [0.05, 0.1) is 22.2 Å². The number of pyridine rings is 1. The number of rotatable bonds is 4. The van der Waals surface area contributed by atoms with Gasteiger partial charge in [-0.05, 0) is 62.9 Å². The largest absolute Gasteiger partial charge is 0.396 e. The Morgan fingerprint density at radius 2 is 1.83 bits per heavy atom. The van der Waals surface area contributed by atoms with Gasteiger partial charge in [0.2, 0.25) is 0 Å². The maximum absolute atomic E-state index is 13.4. The van der Waals surface area contributed by atoms with Crippen molar-refractivity contribution in [3.05, 3.63) is 51.9 Å². The molecule has 0 spiro atoms. The average Bonchev–Trinajstić information content (AvgIpc) is 3.41. The molecule has 0 bridgehead atoms. The second kappa shape index (κ2) is 6.44. The predicted molar refractivity (Wildman–Crippen MR) is 108 cm³/mol. The zero-order valence-corrected chi connectivity index (χ0v) is 17.3. The van der Waals surface area contributed by atoms with Crippen LogP contribution < -0.4 is 5.69 Å². The molecule has 1 aromatic carbocycles. The molecule has 1 saturated carbocycles. The van der Waals surface area contributed by atoms with E-state index >= 15 is 0 Å². The Kier molecular flexibility index (Phi) is 4.44. The minimum absolute atomic E-state index is 0.0355. The van der Waals surface area contributed by atoms with Gasteiger partial charge in [0.15, 0.2) is 5.65 Å². The van der Waals surface area contributed by atoms with Crippen LogP contribution in [-0.2, 0) is 19.2 Å². The zero-order chi connectivity index (χ0) is 22.1. The van der Waals surface area contributed by atoms with E-state index < -0.39 is 22.9 Å². The van der Waals surface area contributed by atoms with Gasteiger partial charge in [-0.25, -0.2) is 9.78 Å². The number of fused-ring (bicyclic) bond motifs is 1. The molecule has 2 heterocycles. The molecule has 0 unspecified atom stereocenters. The van der Waals surface area contributed by atoms with Crippen molar-refractivity contribution in [1.82, 2.24) is 14.1 Å². The highest BCUT2D eigenvalue weighted by Gasteiger charge is 2.63. The fourth-order valence-electron chi connectivity index (χ4n) is 3.84. The van der Waals surface area contributed by atoms with Gasteiger partial charge in [0, 0.05) is 19.2 Å². The number of halogens is 3. The van der Waals surface area contributed by atoms with E-state index in [-0.39, 0.29) is 19.4 Å². The van der Waals surface area contributed by atoms with E-state index in [1.807, 2.05) is 25.1 Å². The smallest absolute Gasteiger partial charge is 0.386 e. The molecule has 0 radical (unpaired) electrons. The van der Waals surface area contributed by atoms with Crippen molar-refractivity contribution in [2.45, 2.75) is 51.9 Å². The minimum Gasteiger partial charge on any atom is -0.386 e. The number of nitrogens with zero attached hydrogens (tertiary/aromatic N) is 3. The lowest BCUT2D eigenvalue weighted by atomic mass is 9.93. The summed E-state index contributed by atoms with van der Waals surface area (Å²) in [4.78, 5) is 17.3. The maximum atomic E-state index is 13.4. The van der Waals surface area contributed by atoms with Crippen LogP contribution in [0, 0.1) is 12.3 Å². The van der Waals surface area contributed by atoms with Crippen LogP contribution in [0.5, 0.6) is 0 Å². The van der Waals surface area contributed by atoms with Gasteiger partial charge in [-0.15, -0.1) is 0 Å². The third kappa shape index (κ3) is 3.23. The molecule has 0 atom stereocenters. The molecule has 1 aliphatic rings. The topological polar surface area (TPSA) is 60.1 Å². The van der Waals surface area contributed by atoms with Crippen LogP contribution >= 0.6 is 0 Å². The molecule has 0 aliphatic heterocycles. The van der Waals surface area contributed by atoms with Crippen molar-refractivity contribution in [3.63, 3.8) is 0 Å². The third-order valence-electron chi connectivity index (χ3n) is 6.12. The molecule has 1 fully saturated rings. The second-order valence-electron chi connectivity index (χ2n) is 8.83. The first-order valence-corrected chi connectivity index (χ1v) is 9.81. The molecule has 8 heteroatoms. The Labute approximate surface area is 171 Å². The van der Waals surface area contributed by atoms with Gasteiger partial charge in [-0.3, -0.25) is 9.13 Å². The number of hydrogen-bond acceptors (Lipinski definition) is 3. The number of hydrogen-bond donors (Lipinski definition) is 1. The number of benzene rings is 1. The van der Waals surface area contributed by atoms with Crippen molar-refractivity contribution in [2.75, 3.05) is 0 Å². The highest BCUT2D eigenvalue weighted by atomic mass is 19.4. The zero-order valence-electron chi connectivity index (χ0n) is 17.3. The highest BCUT2D eigenvalue weighted by molar-refractivity contribution is 5.77. The Balaban J connectivity index is 1.83. The van der Waals surface area contributed by atoms with Crippen molar-refractivity contribution >= 4 is 11.2 Å². The summed E-state index contributed by atoms with van der Waals surface area (Å²) in [5.41, 5.74) is 0.418. The third-order valence-corrected chi connectivity index (χ3v) is 6.12. The molecule has 30 heavy (non-hydrogen) atoms. The van der Waals surface area contributed by atoms with Crippen LogP contribution in [0.4, 0.5) is 13.2 Å². The molecule has 4 rings (SSSR count). The van der Waals surface area contributed by atoms with E-state index in [0.717, 1.165) is 16.7 Å². The lowest BCUT2D eigenvalue weighted by Crippen LogP contribution is -2.33. The Bertz CT molecular complexity index is 1200. The van der Waals surface area contributed by atoms with E-state index in [4.69, 9.17) is 0 Å². The number of imidazole rings is 1. The number of alkyl halides is 3. The number of aryl methyl sites for hydroxylation is 2. The van der Waals surface area contributed by atoms with Crippen molar-refractivity contribution < 1.29 is 18.3 Å². The van der Waals surface area contributed by atoms with E-state index in [1.54, 1.807) is 26.0 Å². The van der Waals surface area contributed by atoms with Gasteiger partial charge in [0.25, 0.3) is 0 Å². The Hall–Kier alpha value is -2.61. The number of aromatic nitrogens is 3. The molecule has 0 saturated heterocycles. The van der Waals surface area contributed by atoms with Crippen molar-refractivity contribution in [1.29, 1.82) is 0 Å². The number of aliphatic hydroxyl groups is 1. The van der Waals surface area contributed by atoms with E-state index in [1.165, 1.54) is 16.2 Å². The Morgan fingerprint density at radius 1 is 1.17 bits per heavy atom. The van der Waals surface area contributed by atoms with Crippen LogP contribution in [0.2, 0.25) is 0 Å². The lowest BCUT2D eigenvalue weighted by Gasteiger charge is -2.20.